The number of rotatable bonds is 3. The van der Waals surface area contributed by atoms with Crippen LogP contribution in [0.4, 0.5) is 0 Å². The van der Waals surface area contributed by atoms with Gasteiger partial charge < -0.3 is 6.42 Å². The van der Waals surface area contributed by atoms with Crippen LogP contribution < -0.4 is 0 Å². The predicted molar refractivity (Wildman–Crippen MR) is 108 cm³/mol. The topological polar surface area (TPSA) is 0 Å². The summed E-state index contributed by atoms with van der Waals surface area (Å²) < 4.78 is 0. The molecule has 0 spiro atoms. The van der Waals surface area contributed by atoms with Crippen LogP contribution in [0.1, 0.15) is 110 Å². The summed E-state index contributed by atoms with van der Waals surface area (Å²) in [6.07, 6.45) is 27.2. The summed E-state index contributed by atoms with van der Waals surface area (Å²) in [4.78, 5) is 0. The van der Waals surface area contributed by atoms with E-state index in [1.165, 1.54) is 38.5 Å². The smallest absolute Gasteiger partial charge is 0 e. The van der Waals surface area contributed by atoms with Crippen LogP contribution in [0.2, 0.25) is 0 Å². The summed E-state index contributed by atoms with van der Waals surface area (Å²) in [5.74, 6) is 7.65. The Balaban J connectivity index is 0.00000196. The molecule has 0 bridgehead atoms. The third-order valence-electron chi connectivity index (χ3n) is 9.18. The maximum absolute atomic E-state index is 2.54. The first-order valence-electron chi connectivity index (χ1n) is 12.1. The van der Waals surface area contributed by atoms with Gasteiger partial charge in [0, 0.05) is 0 Å². The quantitative estimate of drug-likeness (QED) is 0.286. The van der Waals surface area contributed by atoms with Gasteiger partial charge in [-0.15, -0.1) is 0 Å². The minimum Gasteiger partial charge on any atom is -0.328 e. The molecule has 0 amide bonds. The zero-order valence-electron chi connectivity index (χ0n) is 17.6. The number of hydrogen-bond donors (Lipinski definition) is 0. The summed E-state index contributed by atoms with van der Waals surface area (Å²) in [7, 11) is 0. The normalized spacial score (nSPS) is 42.8. The maximum atomic E-state index is 2.54. The summed E-state index contributed by atoms with van der Waals surface area (Å²) >= 11 is 0. The standard InChI is InChI=1S/C25H43.Rf/c1-19-7-9-21(10-8-19)23-15-17-25(18-16-23)24-13-11-22(12-14-24)20-5-3-2-4-6-20;/h2,19-25H,3-18H2,1H3;/q-1;. The maximum Gasteiger partial charge on any atom is 0 e. The van der Waals surface area contributed by atoms with Crippen LogP contribution in [0.5, 0.6) is 0 Å². The van der Waals surface area contributed by atoms with Crippen molar-refractivity contribution in [2.75, 3.05) is 0 Å². The van der Waals surface area contributed by atoms with E-state index in [9.17, 15) is 0 Å². The molecule has 0 heterocycles. The van der Waals surface area contributed by atoms with Crippen molar-refractivity contribution in [3.63, 3.8) is 0 Å². The molecule has 0 radical (unpaired) electrons. The third kappa shape index (κ3) is 4.64. The molecule has 0 aromatic rings. The van der Waals surface area contributed by atoms with Crippen LogP contribution in [0.25, 0.3) is 0 Å². The molecule has 146 valence electrons. The van der Waals surface area contributed by atoms with Gasteiger partial charge in [-0.3, -0.25) is 0 Å². The van der Waals surface area contributed by atoms with Crippen molar-refractivity contribution in [1.82, 2.24) is 0 Å². The van der Waals surface area contributed by atoms with E-state index in [4.69, 9.17) is 0 Å². The van der Waals surface area contributed by atoms with Gasteiger partial charge in [-0.25, -0.2) is 0 Å². The molecule has 1 heteroatoms. The minimum absolute atomic E-state index is 0. The first kappa shape index (κ1) is 19.8. The molecule has 4 fully saturated rings. The predicted octanol–water partition coefficient (Wildman–Crippen LogP) is 7.82. The van der Waals surface area contributed by atoms with Gasteiger partial charge in [-0.1, -0.05) is 32.6 Å². The summed E-state index contributed by atoms with van der Waals surface area (Å²) in [6.45, 7) is 2.47. The van der Waals surface area contributed by atoms with E-state index < -0.39 is 0 Å². The van der Waals surface area contributed by atoms with Gasteiger partial charge >= 0.3 is 0 Å². The Morgan fingerprint density at radius 3 is 1.04 bits per heavy atom. The average Bonchev–Trinajstić information content (AvgIpc) is 2.70. The molecule has 4 saturated carbocycles. The molecule has 0 nitrogen and oxygen atoms in total. The molecule has 4 aliphatic carbocycles. The largest absolute Gasteiger partial charge is 0.328 e. The van der Waals surface area contributed by atoms with E-state index in [-0.39, 0.29) is 0 Å². The van der Waals surface area contributed by atoms with Crippen molar-refractivity contribution in [3.8, 4) is 0 Å². The van der Waals surface area contributed by atoms with Crippen molar-refractivity contribution in [3.05, 3.63) is 6.42 Å². The zero-order valence-corrected chi connectivity index (χ0v) is 24.0. The van der Waals surface area contributed by atoms with Crippen molar-refractivity contribution in [1.29, 1.82) is 0 Å². The Morgan fingerprint density at radius 1 is 0.423 bits per heavy atom. The second-order valence-electron chi connectivity index (χ2n) is 10.6. The van der Waals surface area contributed by atoms with Crippen molar-refractivity contribution < 1.29 is 0 Å². The fraction of sp³-hybridized carbons (Fsp3) is 0.960. The summed E-state index contributed by atoms with van der Waals surface area (Å²) in [5.41, 5.74) is 0. The molecule has 0 aromatic carbocycles. The van der Waals surface area contributed by atoms with Gasteiger partial charge in [0.1, 0.15) is 0 Å². The van der Waals surface area contributed by atoms with Crippen LogP contribution in [0.3, 0.4) is 0 Å². The van der Waals surface area contributed by atoms with E-state index in [1.807, 2.05) is 0 Å². The Labute approximate surface area is 157 Å². The Morgan fingerprint density at radius 2 is 0.692 bits per heavy atom. The van der Waals surface area contributed by atoms with Crippen LogP contribution in [0, 0.1) is 47.8 Å². The fourth-order valence-electron chi connectivity index (χ4n) is 7.36. The molecule has 0 aliphatic heterocycles. The van der Waals surface area contributed by atoms with E-state index in [0.29, 0.717) is 0 Å². The van der Waals surface area contributed by atoms with E-state index in [2.05, 4.69) is 13.3 Å². The fourth-order valence-corrected chi connectivity index (χ4v) is 7.36. The summed E-state index contributed by atoms with van der Waals surface area (Å²) in [5, 5.41) is 0. The molecule has 0 unspecified atom stereocenters. The first-order valence-corrected chi connectivity index (χ1v) is 12.1. The van der Waals surface area contributed by atoms with Crippen molar-refractivity contribution in [2.45, 2.75) is 110 Å². The molecule has 4 aliphatic rings. The van der Waals surface area contributed by atoms with Gasteiger partial charge in [0.05, 0.1) is 0 Å². The number of hydrogen-bond acceptors (Lipinski definition) is 0. The molecular weight excluding hydrogens is 567 g/mol. The minimum atomic E-state index is 0. The monoisotopic (exact) mass is 610 g/mol. The van der Waals surface area contributed by atoms with Gasteiger partial charge in [0.25, 0.3) is 0 Å². The molecule has 0 N–H and O–H groups in total. The summed E-state index contributed by atoms with van der Waals surface area (Å²) in [6, 6.07) is 0. The molecular formula is C25H43Rf-. The Kier molecular flexibility index (Phi) is 7.05. The Hall–Kier alpha value is -1.00. The Bertz CT molecular complexity index is 375. The van der Waals surface area contributed by atoms with Crippen molar-refractivity contribution >= 4 is 0 Å². The molecule has 0 atom stereocenters. The molecule has 4 rings (SSSR count). The van der Waals surface area contributed by atoms with E-state index >= 15 is 0 Å². The van der Waals surface area contributed by atoms with Crippen LogP contribution >= 0.6 is 0 Å². The molecule has 0 aromatic heterocycles. The SMILES string of the molecule is CC1CCC(C2CCC(C3CCC(C4CC[CH-]CC4)CC3)CC2)CC1.[Rf]. The third-order valence-corrected chi connectivity index (χ3v) is 9.18. The van der Waals surface area contributed by atoms with Crippen LogP contribution in [-0.4, -0.2) is 0 Å². The second kappa shape index (κ2) is 9.27. The zero-order chi connectivity index (χ0) is 17.1. The second-order valence-corrected chi connectivity index (χ2v) is 10.6. The van der Waals surface area contributed by atoms with Crippen LogP contribution in [0.15, 0.2) is 0 Å². The van der Waals surface area contributed by atoms with Gasteiger partial charge in [-0.05, 0) is 106 Å². The van der Waals surface area contributed by atoms with E-state index in [1.54, 1.807) is 64.2 Å². The first-order chi connectivity index (χ1) is 12.3. The average molecular weight is 611 g/mol. The molecule has 26 heavy (non-hydrogen) atoms. The molecule has 0 saturated heterocycles. The van der Waals surface area contributed by atoms with Gasteiger partial charge in [-0.2, -0.15) is 12.8 Å². The van der Waals surface area contributed by atoms with Crippen molar-refractivity contribution in [2.24, 2.45) is 41.4 Å². The van der Waals surface area contributed by atoms with Gasteiger partial charge in [0.2, 0.25) is 0 Å². The van der Waals surface area contributed by atoms with Crippen LogP contribution in [-0.2, 0) is 0 Å². The van der Waals surface area contributed by atoms with E-state index in [0.717, 1.165) is 41.4 Å². The van der Waals surface area contributed by atoms with Gasteiger partial charge in [0.15, 0.2) is 0 Å².